The molecule has 0 unspecified atom stereocenters. The number of nitrogens with zero attached hydrogens (tertiary/aromatic N) is 1. The topological polar surface area (TPSA) is 84.9 Å². The van der Waals surface area contributed by atoms with E-state index in [2.05, 4.69) is 5.32 Å². The molecule has 1 amide bonds. The Morgan fingerprint density at radius 3 is 2.66 bits per heavy atom. The Balaban J connectivity index is 1.53. The number of hydrogen-bond acceptors (Lipinski definition) is 5. The van der Waals surface area contributed by atoms with Crippen LogP contribution in [-0.2, 0) is 19.5 Å². The summed E-state index contributed by atoms with van der Waals surface area (Å²) in [5, 5.41) is 2.65. The molecule has 7 nitrogen and oxygen atoms in total. The molecule has 1 N–H and O–H groups in total. The van der Waals surface area contributed by atoms with Gasteiger partial charge in [0.05, 0.1) is 29.8 Å². The third kappa shape index (κ3) is 5.97. The zero-order valence-electron chi connectivity index (χ0n) is 16.6. The summed E-state index contributed by atoms with van der Waals surface area (Å²) in [4.78, 5) is 12.3. The second-order valence-electron chi connectivity index (χ2n) is 7.40. The molecule has 1 aliphatic heterocycles. The first kappa shape index (κ1) is 22.1. The van der Waals surface area contributed by atoms with Crippen LogP contribution in [0.2, 0.25) is 0 Å². The summed E-state index contributed by atoms with van der Waals surface area (Å²) in [6.45, 7) is 1.99. The fourth-order valence-corrected chi connectivity index (χ4v) is 5.06. The Morgan fingerprint density at radius 2 is 1.93 bits per heavy atom. The Labute approximate surface area is 171 Å². The Bertz CT molecular complexity index is 790. The zero-order valence-corrected chi connectivity index (χ0v) is 17.4. The van der Waals surface area contributed by atoms with Crippen LogP contribution in [-0.4, -0.2) is 64.2 Å². The van der Waals surface area contributed by atoms with E-state index < -0.39 is 21.7 Å². The molecule has 1 saturated heterocycles. The summed E-state index contributed by atoms with van der Waals surface area (Å²) < 4.78 is 51.9. The summed E-state index contributed by atoms with van der Waals surface area (Å²) in [6, 6.07) is 3.32. The Hall–Kier alpha value is -1.55. The first-order chi connectivity index (χ1) is 14.0. The Morgan fingerprint density at radius 1 is 1.21 bits per heavy atom. The summed E-state index contributed by atoms with van der Waals surface area (Å²) in [6.07, 6.45) is 6.76. The number of hydrogen-bond donors (Lipinski definition) is 1. The van der Waals surface area contributed by atoms with Crippen LogP contribution in [0, 0.1) is 5.82 Å². The molecule has 1 aliphatic carbocycles. The van der Waals surface area contributed by atoms with Crippen molar-refractivity contribution in [2.75, 3.05) is 39.5 Å². The molecule has 0 aromatic heterocycles. The molecule has 9 heteroatoms. The minimum absolute atomic E-state index is 0.0911. The number of amides is 1. The van der Waals surface area contributed by atoms with Gasteiger partial charge in [-0.2, -0.15) is 4.31 Å². The third-order valence-electron chi connectivity index (χ3n) is 5.30. The molecular weight excluding hydrogens is 399 g/mol. The number of sulfonamides is 1. The highest BCUT2D eigenvalue weighted by Crippen LogP contribution is 2.21. The number of nitrogens with one attached hydrogen (secondary N) is 1. The SMILES string of the molecule is O=C(NCCCOC1CCCCC1)c1cc(S(=O)(=O)N2CCOCC2)ccc1F. The molecular formula is C20H29FN2O5S. The molecule has 29 heavy (non-hydrogen) atoms. The van der Waals surface area contributed by atoms with Gasteiger partial charge < -0.3 is 14.8 Å². The number of morpholine rings is 1. The van der Waals surface area contributed by atoms with Gasteiger partial charge in [0, 0.05) is 26.2 Å². The maximum Gasteiger partial charge on any atom is 0.254 e. The van der Waals surface area contributed by atoms with Crippen molar-refractivity contribution in [2.45, 2.75) is 49.5 Å². The van der Waals surface area contributed by atoms with Crippen molar-refractivity contribution < 1.29 is 27.1 Å². The second kappa shape index (κ2) is 10.5. The van der Waals surface area contributed by atoms with Gasteiger partial charge in [-0.1, -0.05) is 19.3 Å². The molecule has 1 saturated carbocycles. The van der Waals surface area contributed by atoms with E-state index in [0.29, 0.717) is 38.9 Å². The van der Waals surface area contributed by atoms with Gasteiger partial charge in [0.15, 0.2) is 0 Å². The fourth-order valence-electron chi connectivity index (χ4n) is 3.63. The lowest BCUT2D eigenvalue weighted by Gasteiger charge is -2.26. The number of benzene rings is 1. The van der Waals surface area contributed by atoms with Crippen LogP contribution in [0.25, 0.3) is 0 Å². The van der Waals surface area contributed by atoms with E-state index in [-0.39, 0.29) is 23.5 Å². The van der Waals surface area contributed by atoms with Gasteiger partial charge in [-0.25, -0.2) is 12.8 Å². The minimum atomic E-state index is -3.79. The molecule has 162 valence electrons. The van der Waals surface area contributed by atoms with Crippen molar-refractivity contribution in [1.29, 1.82) is 0 Å². The molecule has 2 aliphatic rings. The number of rotatable bonds is 8. The van der Waals surface area contributed by atoms with E-state index in [0.717, 1.165) is 25.0 Å². The average molecular weight is 429 g/mol. The molecule has 1 heterocycles. The average Bonchev–Trinajstić information content (AvgIpc) is 2.75. The van der Waals surface area contributed by atoms with Gasteiger partial charge in [0.25, 0.3) is 5.91 Å². The van der Waals surface area contributed by atoms with Crippen molar-refractivity contribution in [3.63, 3.8) is 0 Å². The number of carbonyl (C=O) groups excluding carboxylic acids is 1. The van der Waals surface area contributed by atoms with Crippen molar-refractivity contribution in [3.05, 3.63) is 29.6 Å². The molecule has 0 bridgehead atoms. The summed E-state index contributed by atoms with van der Waals surface area (Å²) in [5.74, 6) is -1.37. The molecule has 0 spiro atoms. The van der Waals surface area contributed by atoms with E-state index in [1.54, 1.807) is 0 Å². The highest BCUT2D eigenvalue weighted by molar-refractivity contribution is 7.89. The summed E-state index contributed by atoms with van der Waals surface area (Å²) >= 11 is 0. The fraction of sp³-hybridized carbons (Fsp3) is 0.650. The zero-order chi connectivity index (χ0) is 20.7. The van der Waals surface area contributed by atoms with Crippen molar-refractivity contribution >= 4 is 15.9 Å². The van der Waals surface area contributed by atoms with Crippen LogP contribution in [0.3, 0.4) is 0 Å². The molecule has 0 radical (unpaired) electrons. The molecule has 1 aromatic carbocycles. The highest BCUT2D eigenvalue weighted by atomic mass is 32.2. The highest BCUT2D eigenvalue weighted by Gasteiger charge is 2.27. The second-order valence-corrected chi connectivity index (χ2v) is 9.34. The quantitative estimate of drug-likeness (QED) is 0.643. The van der Waals surface area contributed by atoms with E-state index >= 15 is 0 Å². The van der Waals surface area contributed by atoms with Crippen LogP contribution in [0.1, 0.15) is 48.9 Å². The van der Waals surface area contributed by atoms with E-state index in [1.165, 1.54) is 29.6 Å². The maximum atomic E-state index is 14.2. The van der Waals surface area contributed by atoms with Gasteiger partial charge in [0.1, 0.15) is 5.82 Å². The van der Waals surface area contributed by atoms with Gasteiger partial charge in [-0.05, 0) is 37.5 Å². The maximum absolute atomic E-state index is 14.2. The van der Waals surface area contributed by atoms with Crippen molar-refractivity contribution in [2.24, 2.45) is 0 Å². The molecule has 0 atom stereocenters. The Kier molecular flexibility index (Phi) is 7.99. The summed E-state index contributed by atoms with van der Waals surface area (Å²) in [5.41, 5.74) is -0.271. The van der Waals surface area contributed by atoms with E-state index in [4.69, 9.17) is 9.47 Å². The molecule has 2 fully saturated rings. The van der Waals surface area contributed by atoms with Crippen molar-refractivity contribution in [1.82, 2.24) is 9.62 Å². The third-order valence-corrected chi connectivity index (χ3v) is 7.20. The van der Waals surface area contributed by atoms with E-state index in [1.807, 2.05) is 0 Å². The molecule has 3 rings (SSSR count). The number of carbonyl (C=O) groups is 1. The van der Waals surface area contributed by atoms with Crippen LogP contribution in [0.5, 0.6) is 0 Å². The van der Waals surface area contributed by atoms with Gasteiger partial charge in [0.2, 0.25) is 10.0 Å². The first-order valence-corrected chi connectivity index (χ1v) is 11.7. The lowest BCUT2D eigenvalue weighted by Crippen LogP contribution is -2.40. The lowest BCUT2D eigenvalue weighted by molar-refractivity contribution is 0.0273. The van der Waals surface area contributed by atoms with E-state index in [9.17, 15) is 17.6 Å². The van der Waals surface area contributed by atoms with Crippen LogP contribution in [0.15, 0.2) is 23.1 Å². The smallest absolute Gasteiger partial charge is 0.254 e. The van der Waals surface area contributed by atoms with Crippen LogP contribution in [0.4, 0.5) is 4.39 Å². The van der Waals surface area contributed by atoms with Crippen LogP contribution >= 0.6 is 0 Å². The van der Waals surface area contributed by atoms with Crippen LogP contribution < -0.4 is 5.32 Å². The van der Waals surface area contributed by atoms with Gasteiger partial charge in [-0.3, -0.25) is 4.79 Å². The first-order valence-electron chi connectivity index (χ1n) is 10.3. The monoisotopic (exact) mass is 428 g/mol. The minimum Gasteiger partial charge on any atom is -0.379 e. The van der Waals surface area contributed by atoms with Crippen molar-refractivity contribution in [3.8, 4) is 0 Å². The van der Waals surface area contributed by atoms with Gasteiger partial charge in [-0.15, -0.1) is 0 Å². The summed E-state index contributed by atoms with van der Waals surface area (Å²) in [7, 11) is -3.79. The lowest BCUT2D eigenvalue weighted by atomic mass is 9.98. The predicted octanol–water partition coefficient (Wildman–Crippen LogP) is 2.32. The number of halogens is 1. The number of ether oxygens (including phenoxy) is 2. The molecule has 1 aromatic rings. The standard InChI is InChI=1S/C20H29FN2O5S/c21-19-8-7-17(29(25,26)23-10-13-27-14-11-23)15-18(19)20(24)22-9-4-12-28-16-5-2-1-3-6-16/h7-8,15-16H,1-6,9-14H2,(H,22,24). The van der Waals surface area contributed by atoms with Gasteiger partial charge >= 0.3 is 0 Å². The normalized spacial score (nSPS) is 19.2. The predicted molar refractivity (Wildman–Crippen MR) is 106 cm³/mol. The largest absolute Gasteiger partial charge is 0.379 e.